The minimum atomic E-state index is 0.0667. The van der Waals surface area contributed by atoms with Crippen LogP contribution in [-0.4, -0.2) is 33.6 Å². The van der Waals surface area contributed by atoms with Crippen LogP contribution in [0.15, 0.2) is 24.3 Å². The molecule has 1 heterocycles. The molecule has 0 unspecified atom stereocenters. The molecule has 0 aliphatic heterocycles. The molecule has 0 fully saturated rings. The van der Waals surface area contributed by atoms with Gasteiger partial charge in [0.25, 0.3) is 0 Å². The highest BCUT2D eigenvalue weighted by Gasteiger charge is 2.12. The minimum Gasteiger partial charge on any atom is -0.497 e. The lowest BCUT2D eigenvalue weighted by atomic mass is 10.1. The quantitative estimate of drug-likeness (QED) is 0.814. The number of ether oxygens (including phenoxy) is 1. The molecule has 0 saturated carbocycles. The standard InChI is InChI=1S/C17H25N3O2/c1-4-13(2)10-16-18-17(20(19-16)8-9-21)12-14-6-5-7-15(11-14)22-3/h5-7,11,13,21H,4,8-10,12H2,1-3H3/t13-/m1/s1. The average molecular weight is 303 g/mol. The van der Waals surface area contributed by atoms with Gasteiger partial charge < -0.3 is 9.84 Å². The number of nitrogens with zero attached hydrogens (tertiary/aromatic N) is 3. The molecule has 2 aromatic rings. The highest BCUT2D eigenvalue weighted by Crippen LogP contribution is 2.16. The number of hydrogen-bond donors (Lipinski definition) is 1. The fourth-order valence-electron chi connectivity index (χ4n) is 2.34. The van der Waals surface area contributed by atoms with Gasteiger partial charge in [-0.05, 0) is 23.6 Å². The van der Waals surface area contributed by atoms with Gasteiger partial charge in [0.15, 0.2) is 5.82 Å². The van der Waals surface area contributed by atoms with Gasteiger partial charge in [-0.25, -0.2) is 9.67 Å². The Morgan fingerprint density at radius 3 is 2.86 bits per heavy atom. The van der Waals surface area contributed by atoms with Crippen molar-refractivity contribution in [1.82, 2.24) is 14.8 Å². The number of hydrogen-bond acceptors (Lipinski definition) is 4. The first-order valence-corrected chi connectivity index (χ1v) is 7.82. The second-order valence-corrected chi connectivity index (χ2v) is 5.64. The molecule has 5 heteroatoms. The van der Waals surface area contributed by atoms with E-state index in [0.29, 0.717) is 18.9 Å². The Balaban J connectivity index is 2.20. The molecule has 0 bridgehead atoms. The van der Waals surface area contributed by atoms with Gasteiger partial charge >= 0.3 is 0 Å². The van der Waals surface area contributed by atoms with E-state index >= 15 is 0 Å². The number of aliphatic hydroxyl groups excluding tert-OH is 1. The summed E-state index contributed by atoms with van der Waals surface area (Å²) in [6.45, 7) is 4.92. The molecule has 22 heavy (non-hydrogen) atoms. The van der Waals surface area contributed by atoms with Crippen LogP contribution in [0.1, 0.15) is 37.5 Å². The monoisotopic (exact) mass is 303 g/mol. The average Bonchev–Trinajstić information content (AvgIpc) is 2.89. The SMILES string of the molecule is CC[C@@H](C)Cc1nc(Cc2cccc(OC)c2)n(CCO)n1. The molecular weight excluding hydrogens is 278 g/mol. The summed E-state index contributed by atoms with van der Waals surface area (Å²) in [5, 5.41) is 13.8. The maximum absolute atomic E-state index is 9.22. The molecule has 1 atom stereocenters. The van der Waals surface area contributed by atoms with E-state index in [4.69, 9.17) is 4.74 Å². The van der Waals surface area contributed by atoms with Crippen LogP contribution in [0, 0.1) is 5.92 Å². The van der Waals surface area contributed by atoms with Crippen molar-refractivity contribution in [2.45, 2.75) is 39.7 Å². The predicted octanol–water partition coefficient (Wildman–Crippen LogP) is 2.46. The van der Waals surface area contributed by atoms with Crippen LogP contribution in [0.25, 0.3) is 0 Å². The van der Waals surface area contributed by atoms with Crippen LogP contribution in [0.2, 0.25) is 0 Å². The molecule has 1 aromatic carbocycles. The first kappa shape index (κ1) is 16.5. The van der Waals surface area contributed by atoms with E-state index < -0.39 is 0 Å². The third kappa shape index (κ3) is 4.31. The van der Waals surface area contributed by atoms with Crippen LogP contribution >= 0.6 is 0 Å². The second-order valence-electron chi connectivity index (χ2n) is 5.64. The van der Waals surface area contributed by atoms with E-state index in [0.717, 1.165) is 35.8 Å². The molecule has 1 aromatic heterocycles. The van der Waals surface area contributed by atoms with Gasteiger partial charge in [-0.1, -0.05) is 32.4 Å². The molecule has 120 valence electrons. The molecule has 0 radical (unpaired) electrons. The van der Waals surface area contributed by atoms with Gasteiger partial charge in [0.1, 0.15) is 11.6 Å². The van der Waals surface area contributed by atoms with Gasteiger partial charge in [-0.15, -0.1) is 0 Å². The molecule has 2 rings (SSSR count). The second kappa shape index (κ2) is 7.94. The summed E-state index contributed by atoms with van der Waals surface area (Å²) in [6, 6.07) is 7.96. The Bertz CT molecular complexity index is 595. The number of benzene rings is 1. The first-order chi connectivity index (χ1) is 10.7. The van der Waals surface area contributed by atoms with Crippen molar-refractivity contribution < 1.29 is 9.84 Å². The van der Waals surface area contributed by atoms with Crippen molar-refractivity contribution in [2.75, 3.05) is 13.7 Å². The van der Waals surface area contributed by atoms with Crippen molar-refractivity contribution >= 4 is 0 Å². The lowest BCUT2D eigenvalue weighted by Gasteiger charge is -2.05. The van der Waals surface area contributed by atoms with Crippen molar-refractivity contribution in [3.63, 3.8) is 0 Å². The third-order valence-corrected chi connectivity index (χ3v) is 3.83. The summed E-state index contributed by atoms with van der Waals surface area (Å²) < 4.78 is 7.08. The molecular formula is C17H25N3O2. The number of aliphatic hydroxyl groups is 1. The van der Waals surface area contributed by atoms with Gasteiger partial charge in [-0.2, -0.15) is 5.10 Å². The highest BCUT2D eigenvalue weighted by atomic mass is 16.5. The van der Waals surface area contributed by atoms with E-state index in [1.807, 2.05) is 22.9 Å². The smallest absolute Gasteiger partial charge is 0.151 e. The first-order valence-electron chi connectivity index (χ1n) is 7.82. The lowest BCUT2D eigenvalue weighted by Crippen LogP contribution is -2.09. The zero-order valence-corrected chi connectivity index (χ0v) is 13.6. The fourth-order valence-corrected chi connectivity index (χ4v) is 2.34. The summed E-state index contributed by atoms with van der Waals surface area (Å²) in [5.74, 6) is 3.15. The van der Waals surface area contributed by atoms with Crippen molar-refractivity contribution in [1.29, 1.82) is 0 Å². The van der Waals surface area contributed by atoms with E-state index in [2.05, 4.69) is 30.0 Å². The molecule has 1 N–H and O–H groups in total. The predicted molar refractivity (Wildman–Crippen MR) is 86.1 cm³/mol. The maximum Gasteiger partial charge on any atom is 0.151 e. The van der Waals surface area contributed by atoms with Crippen molar-refractivity contribution in [3.8, 4) is 5.75 Å². The molecule has 0 amide bonds. The van der Waals surface area contributed by atoms with Gasteiger partial charge in [0.2, 0.25) is 0 Å². The van der Waals surface area contributed by atoms with Crippen LogP contribution in [0.4, 0.5) is 0 Å². The maximum atomic E-state index is 9.22. The summed E-state index contributed by atoms with van der Waals surface area (Å²) in [4.78, 5) is 4.67. The Morgan fingerprint density at radius 2 is 2.18 bits per heavy atom. The van der Waals surface area contributed by atoms with Crippen LogP contribution in [0.5, 0.6) is 5.75 Å². The number of methoxy groups -OCH3 is 1. The molecule has 0 spiro atoms. The van der Waals surface area contributed by atoms with Gasteiger partial charge in [0.05, 0.1) is 20.3 Å². The zero-order valence-electron chi connectivity index (χ0n) is 13.6. The van der Waals surface area contributed by atoms with Crippen molar-refractivity contribution in [2.24, 2.45) is 5.92 Å². The molecule has 0 saturated heterocycles. The Kier molecular flexibility index (Phi) is 5.95. The Morgan fingerprint density at radius 1 is 1.36 bits per heavy atom. The summed E-state index contributed by atoms with van der Waals surface area (Å²) in [5.41, 5.74) is 1.13. The van der Waals surface area contributed by atoms with E-state index in [1.54, 1.807) is 7.11 Å². The largest absolute Gasteiger partial charge is 0.497 e. The van der Waals surface area contributed by atoms with Crippen LogP contribution in [-0.2, 0) is 19.4 Å². The summed E-state index contributed by atoms with van der Waals surface area (Å²) in [7, 11) is 1.66. The minimum absolute atomic E-state index is 0.0667. The van der Waals surface area contributed by atoms with Gasteiger partial charge in [0, 0.05) is 12.8 Å². The third-order valence-electron chi connectivity index (χ3n) is 3.83. The van der Waals surface area contributed by atoms with Crippen LogP contribution in [0.3, 0.4) is 0 Å². The van der Waals surface area contributed by atoms with Crippen LogP contribution < -0.4 is 4.74 Å². The Hall–Kier alpha value is -1.88. The van der Waals surface area contributed by atoms with E-state index in [1.165, 1.54) is 0 Å². The topological polar surface area (TPSA) is 60.2 Å². The van der Waals surface area contributed by atoms with E-state index in [-0.39, 0.29) is 6.61 Å². The summed E-state index contributed by atoms with van der Waals surface area (Å²) in [6.07, 6.45) is 2.67. The van der Waals surface area contributed by atoms with Crippen molar-refractivity contribution in [3.05, 3.63) is 41.5 Å². The van der Waals surface area contributed by atoms with E-state index in [9.17, 15) is 5.11 Å². The highest BCUT2D eigenvalue weighted by molar-refractivity contribution is 5.30. The lowest BCUT2D eigenvalue weighted by molar-refractivity contribution is 0.267. The molecule has 0 aliphatic rings. The number of aromatic nitrogens is 3. The fraction of sp³-hybridized carbons (Fsp3) is 0.529. The zero-order chi connectivity index (χ0) is 15.9. The molecule has 5 nitrogen and oxygen atoms in total. The molecule has 0 aliphatic carbocycles. The normalized spacial score (nSPS) is 12.4. The Labute approximate surface area is 132 Å². The summed E-state index contributed by atoms with van der Waals surface area (Å²) >= 11 is 0. The van der Waals surface area contributed by atoms with Gasteiger partial charge in [-0.3, -0.25) is 0 Å². The number of rotatable bonds is 8.